The number of hydrogen-bond donors (Lipinski definition) is 7. The van der Waals surface area contributed by atoms with Crippen molar-refractivity contribution in [1.29, 1.82) is 0 Å². The third kappa shape index (κ3) is 10.7. The Bertz CT molecular complexity index is 714. The van der Waals surface area contributed by atoms with Crippen LogP contribution < -0.4 is 27.4 Å². The third-order valence-corrected chi connectivity index (χ3v) is 4.85. The molecule has 0 fully saturated rings. The van der Waals surface area contributed by atoms with Gasteiger partial charge in [0.15, 0.2) is 0 Å². The summed E-state index contributed by atoms with van der Waals surface area (Å²) in [7, 11) is 0. The molecule has 13 nitrogen and oxygen atoms in total. The van der Waals surface area contributed by atoms with E-state index < -0.39 is 59.7 Å². The molecule has 5 atom stereocenters. The normalized spacial score (nSPS) is 15.4. The molecule has 0 aliphatic carbocycles. The van der Waals surface area contributed by atoms with Crippen molar-refractivity contribution in [3.05, 3.63) is 0 Å². The van der Waals surface area contributed by atoms with Crippen molar-refractivity contribution in [3.63, 3.8) is 0 Å². The quantitative estimate of drug-likeness (QED) is 0.144. The lowest BCUT2D eigenvalue weighted by molar-refractivity contribution is -0.143. The second-order valence-electron chi connectivity index (χ2n) is 7.55. The number of carboxylic acid groups (broad SMARTS) is 2. The second-order valence-corrected chi connectivity index (χ2v) is 7.55. The van der Waals surface area contributed by atoms with Crippen molar-refractivity contribution < 1.29 is 39.0 Å². The molecular weight excluding hydrogens is 426 g/mol. The second kappa shape index (κ2) is 14.0. The maximum Gasteiger partial charge on any atom is 0.326 e. The lowest BCUT2D eigenvalue weighted by atomic mass is 9.97. The van der Waals surface area contributed by atoms with Gasteiger partial charge in [0, 0.05) is 12.8 Å². The fourth-order valence-corrected chi connectivity index (χ4v) is 2.58. The van der Waals surface area contributed by atoms with Gasteiger partial charge in [0.1, 0.15) is 18.1 Å². The number of carbonyl (C=O) groups excluding carboxylic acids is 4. The van der Waals surface area contributed by atoms with Crippen LogP contribution in [0.15, 0.2) is 0 Å². The van der Waals surface area contributed by atoms with Crippen LogP contribution in [0.2, 0.25) is 0 Å². The number of rotatable bonds is 15. The summed E-state index contributed by atoms with van der Waals surface area (Å²) in [6.45, 7) is 4.80. The zero-order chi connectivity index (χ0) is 25.0. The number of hydrogen-bond acceptors (Lipinski definition) is 7. The molecule has 32 heavy (non-hydrogen) atoms. The molecule has 0 aromatic heterocycles. The van der Waals surface area contributed by atoms with Gasteiger partial charge in [-0.25, -0.2) is 4.79 Å². The van der Waals surface area contributed by atoms with Gasteiger partial charge < -0.3 is 37.6 Å². The van der Waals surface area contributed by atoms with E-state index in [1.54, 1.807) is 13.8 Å². The molecule has 0 spiro atoms. The summed E-state index contributed by atoms with van der Waals surface area (Å²) in [5.41, 5.74) is 10.6. The van der Waals surface area contributed by atoms with E-state index in [1.807, 2.05) is 0 Å². The van der Waals surface area contributed by atoms with Crippen LogP contribution in [0.1, 0.15) is 52.9 Å². The minimum atomic E-state index is -1.37. The number of aliphatic carboxylic acids is 2. The molecule has 0 radical (unpaired) electrons. The predicted octanol–water partition coefficient (Wildman–Crippen LogP) is -1.95. The number of nitrogens with one attached hydrogen (secondary N) is 3. The first-order valence-corrected chi connectivity index (χ1v) is 10.2. The number of amides is 4. The van der Waals surface area contributed by atoms with Crippen LogP contribution >= 0.6 is 0 Å². The Morgan fingerprint density at radius 1 is 0.844 bits per heavy atom. The van der Waals surface area contributed by atoms with E-state index in [-0.39, 0.29) is 31.6 Å². The predicted molar refractivity (Wildman–Crippen MR) is 112 cm³/mol. The van der Waals surface area contributed by atoms with E-state index >= 15 is 0 Å². The molecule has 0 aliphatic rings. The summed E-state index contributed by atoms with van der Waals surface area (Å²) in [6.07, 6.45) is -0.416. The molecule has 0 rings (SSSR count). The van der Waals surface area contributed by atoms with Gasteiger partial charge in [0.2, 0.25) is 23.6 Å². The fourth-order valence-electron chi connectivity index (χ4n) is 2.58. The molecule has 182 valence electrons. The molecule has 13 heteroatoms. The topological polar surface area (TPSA) is 231 Å². The van der Waals surface area contributed by atoms with E-state index in [0.29, 0.717) is 6.42 Å². The fraction of sp³-hybridized carbons (Fsp3) is 0.684. The Labute approximate surface area is 185 Å². The molecular formula is C19H33N5O8. The maximum absolute atomic E-state index is 12.7. The van der Waals surface area contributed by atoms with Crippen LogP contribution in [-0.4, -0.2) is 69.9 Å². The largest absolute Gasteiger partial charge is 0.481 e. The summed E-state index contributed by atoms with van der Waals surface area (Å²) in [6, 6.07) is -4.70. The highest BCUT2D eigenvalue weighted by Crippen LogP contribution is 2.10. The number of carboxylic acids is 2. The molecule has 4 amide bonds. The molecule has 0 aliphatic heterocycles. The van der Waals surface area contributed by atoms with Crippen LogP contribution in [-0.2, 0) is 28.8 Å². The first-order valence-electron chi connectivity index (χ1n) is 10.2. The van der Waals surface area contributed by atoms with Crippen LogP contribution in [0.25, 0.3) is 0 Å². The van der Waals surface area contributed by atoms with Crippen molar-refractivity contribution in [2.75, 3.05) is 0 Å². The van der Waals surface area contributed by atoms with Crippen molar-refractivity contribution in [3.8, 4) is 0 Å². The Kier molecular flexibility index (Phi) is 12.6. The monoisotopic (exact) mass is 459 g/mol. The average molecular weight is 460 g/mol. The molecule has 0 bridgehead atoms. The summed E-state index contributed by atoms with van der Waals surface area (Å²) in [5, 5.41) is 25.0. The maximum atomic E-state index is 12.7. The van der Waals surface area contributed by atoms with Crippen molar-refractivity contribution in [1.82, 2.24) is 16.0 Å². The van der Waals surface area contributed by atoms with Gasteiger partial charge in [-0.2, -0.15) is 0 Å². The minimum Gasteiger partial charge on any atom is -0.481 e. The molecule has 0 saturated carbocycles. The lowest BCUT2D eigenvalue weighted by Crippen LogP contribution is -2.58. The first-order chi connectivity index (χ1) is 14.8. The Morgan fingerprint density at radius 3 is 1.91 bits per heavy atom. The van der Waals surface area contributed by atoms with Gasteiger partial charge in [-0.15, -0.1) is 0 Å². The molecule has 0 heterocycles. The average Bonchev–Trinajstić information content (AvgIpc) is 2.71. The van der Waals surface area contributed by atoms with Gasteiger partial charge in [-0.1, -0.05) is 20.3 Å². The van der Waals surface area contributed by atoms with Gasteiger partial charge in [-0.05, 0) is 25.7 Å². The van der Waals surface area contributed by atoms with E-state index in [2.05, 4.69) is 16.0 Å². The standard InChI is InChI=1S/C19H33N5O8/c1-4-9(2)15(18(30)23-12(19(31)32)6-7-13(21)25)24-16(28)10(3)22-17(29)11(20)5-8-14(26)27/h9-12,15H,4-8,20H2,1-3H3,(H2,21,25)(H,22,29)(H,23,30)(H,24,28)(H,26,27)(H,31,32). The van der Waals surface area contributed by atoms with Gasteiger partial charge in [-0.3, -0.25) is 24.0 Å². The van der Waals surface area contributed by atoms with Crippen LogP contribution in [0.5, 0.6) is 0 Å². The zero-order valence-corrected chi connectivity index (χ0v) is 18.4. The van der Waals surface area contributed by atoms with Crippen molar-refractivity contribution in [2.45, 2.75) is 77.0 Å². The smallest absolute Gasteiger partial charge is 0.326 e. The summed E-state index contributed by atoms with van der Waals surface area (Å²) in [4.78, 5) is 70.1. The molecule has 0 aromatic carbocycles. The SMILES string of the molecule is CCC(C)C(NC(=O)C(C)NC(=O)C(N)CCC(=O)O)C(=O)NC(CCC(N)=O)C(=O)O. The summed E-state index contributed by atoms with van der Waals surface area (Å²) >= 11 is 0. The van der Waals surface area contributed by atoms with Crippen LogP contribution in [0.3, 0.4) is 0 Å². The number of primary amides is 1. The van der Waals surface area contributed by atoms with E-state index in [9.17, 15) is 33.9 Å². The van der Waals surface area contributed by atoms with Crippen molar-refractivity contribution >= 4 is 35.6 Å². The third-order valence-electron chi connectivity index (χ3n) is 4.85. The van der Waals surface area contributed by atoms with Gasteiger partial charge in [0.05, 0.1) is 6.04 Å². The Morgan fingerprint density at radius 2 is 1.44 bits per heavy atom. The Balaban J connectivity index is 5.13. The minimum absolute atomic E-state index is 0.116. The molecule has 0 aromatic rings. The van der Waals surface area contributed by atoms with E-state index in [4.69, 9.17) is 16.6 Å². The van der Waals surface area contributed by atoms with E-state index in [0.717, 1.165) is 0 Å². The first kappa shape index (κ1) is 28.8. The highest BCUT2D eigenvalue weighted by atomic mass is 16.4. The summed E-state index contributed by atoms with van der Waals surface area (Å²) < 4.78 is 0. The van der Waals surface area contributed by atoms with Crippen LogP contribution in [0, 0.1) is 5.92 Å². The molecule has 5 unspecified atom stereocenters. The Hall–Kier alpha value is -3.22. The number of carbonyl (C=O) groups is 6. The van der Waals surface area contributed by atoms with Crippen LogP contribution in [0.4, 0.5) is 0 Å². The molecule has 0 saturated heterocycles. The van der Waals surface area contributed by atoms with Gasteiger partial charge >= 0.3 is 11.9 Å². The number of nitrogens with two attached hydrogens (primary N) is 2. The lowest BCUT2D eigenvalue weighted by Gasteiger charge is -2.27. The highest BCUT2D eigenvalue weighted by molar-refractivity contribution is 5.94. The van der Waals surface area contributed by atoms with E-state index in [1.165, 1.54) is 6.92 Å². The highest BCUT2D eigenvalue weighted by Gasteiger charge is 2.31. The molecule has 9 N–H and O–H groups in total. The van der Waals surface area contributed by atoms with Crippen molar-refractivity contribution in [2.24, 2.45) is 17.4 Å². The zero-order valence-electron chi connectivity index (χ0n) is 18.4. The van der Waals surface area contributed by atoms with Gasteiger partial charge in [0.25, 0.3) is 0 Å². The summed E-state index contributed by atoms with van der Waals surface area (Å²) in [5.74, 6) is -5.78.